The van der Waals surface area contributed by atoms with Crippen LogP contribution < -0.4 is 26.1 Å². The van der Waals surface area contributed by atoms with E-state index in [1.54, 1.807) is 17.6 Å². The number of aromatic nitrogens is 2. The second kappa shape index (κ2) is 8.04. The van der Waals surface area contributed by atoms with Crippen LogP contribution in [0.2, 0.25) is 0 Å². The van der Waals surface area contributed by atoms with Gasteiger partial charge in [-0.25, -0.2) is 9.78 Å². The van der Waals surface area contributed by atoms with Crippen molar-refractivity contribution in [3.05, 3.63) is 50.8 Å². The highest BCUT2D eigenvalue weighted by atomic mass is 16.7. The van der Waals surface area contributed by atoms with Gasteiger partial charge in [0.25, 0.3) is 5.56 Å². The van der Waals surface area contributed by atoms with Gasteiger partial charge in [0.2, 0.25) is 6.79 Å². The lowest BCUT2D eigenvalue weighted by Crippen LogP contribution is -2.44. The summed E-state index contributed by atoms with van der Waals surface area (Å²) in [5, 5.41) is 15.5. The molecule has 10 nitrogen and oxygen atoms in total. The summed E-state index contributed by atoms with van der Waals surface area (Å²) < 4.78 is 18.0. The Labute approximate surface area is 200 Å². The Morgan fingerprint density at radius 3 is 2.74 bits per heavy atom. The Kier molecular flexibility index (Phi) is 5.06. The molecule has 0 amide bonds. The van der Waals surface area contributed by atoms with Gasteiger partial charge < -0.3 is 34.9 Å². The van der Waals surface area contributed by atoms with Crippen molar-refractivity contribution in [1.29, 1.82) is 0 Å². The molecule has 2 aromatic heterocycles. The molecule has 0 spiro atoms. The van der Waals surface area contributed by atoms with Gasteiger partial charge in [-0.15, -0.1) is 0 Å². The fourth-order valence-corrected chi connectivity index (χ4v) is 5.19. The molecule has 0 saturated heterocycles. The molecule has 6 rings (SSSR count). The smallest absolute Gasteiger partial charge is 0.343 e. The van der Waals surface area contributed by atoms with Crippen LogP contribution in [0.3, 0.4) is 0 Å². The van der Waals surface area contributed by atoms with Crippen molar-refractivity contribution in [2.75, 3.05) is 19.9 Å². The molecule has 3 aliphatic heterocycles. The summed E-state index contributed by atoms with van der Waals surface area (Å²) in [7, 11) is 0. The van der Waals surface area contributed by atoms with E-state index in [4.69, 9.17) is 24.9 Å². The van der Waals surface area contributed by atoms with E-state index >= 15 is 0 Å². The van der Waals surface area contributed by atoms with Crippen LogP contribution in [0.5, 0.6) is 11.5 Å². The van der Waals surface area contributed by atoms with Gasteiger partial charge in [-0.3, -0.25) is 4.79 Å². The number of hydrogen-bond donors (Lipinski definition) is 3. The van der Waals surface area contributed by atoms with E-state index < -0.39 is 11.6 Å². The first-order valence-corrected chi connectivity index (χ1v) is 11.8. The number of nitrogens with one attached hydrogen (secondary N) is 1. The zero-order valence-corrected chi connectivity index (χ0v) is 19.3. The molecule has 4 N–H and O–H groups in total. The second-order valence-electron chi connectivity index (χ2n) is 9.06. The molecule has 5 heterocycles. The maximum absolute atomic E-state index is 13.5. The van der Waals surface area contributed by atoms with E-state index in [9.17, 15) is 14.7 Å². The molecule has 0 radical (unpaired) electrons. The predicted octanol–water partition coefficient (Wildman–Crippen LogP) is 1.25. The van der Waals surface area contributed by atoms with Crippen LogP contribution in [0, 0.1) is 0 Å². The van der Waals surface area contributed by atoms with Crippen LogP contribution >= 0.6 is 0 Å². The number of rotatable bonds is 6. The highest BCUT2D eigenvalue weighted by Crippen LogP contribution is 2.43. The second-order valence-corrected chi connectivity index (χ2v) is 9.06. The van der Waals surface area contributed by atoms with Crippen LogP contribution in [-0.4, -0.2) is 40.5 Å². The third-order valence-electron chi connectivity index (χ3n) is 7.16. The van der Waals surface area contributed by atoms with Crippen molar-refractivity contribution in [2.24, 2.45) is 5.73 Å². The van der Waals surface area contributed by atoms with Gasteiger partial charge in [-0.05, 0) is 43.6 Å². The fraction of sp³-hybridized carbons (Fsp3) is 0.400. The number of cyclic esters (lactones) is 1. The van der Waals surface area contributed by atoms with Crippen LogP contribution in [0.4, 0.5) is 0 Å². The quantitative estimate of drug-likeness (QED) is 0.276. The molecule has 35 heavy (non-hydrogen) atoms. The Morgan fingerprint density at radius 1 is 1.17 bits per heavy atom. The molecule has 3 aromatic rings. The number of nitrogens with two attached hydrogens (primary N) is 1. The molecule has 1 atom stereocenters. The molecule has 0 bridgehead atoms. The van der Waals surface area contributed by atoms with E-state index in [2.05, 4.69) is 5.32 Å². The third kappa shape index (κ3) is 3.17. The molecule has 1 aromatic carbocycles. The summed E-state index contributed by atoms with van der Waals surface area (Å²) in [6, 6.07) is 5.51. The van der Waals surface area contributed by atoms with Gasteiger partial charge in [-0.2, -0.15) is 0 Å². The van der Waals surface area contributed by atoms with Crippen molar-refractivity contribution < 1.29 is 24.1 Å². The monoisotopic (exact) mass is 478 g/mol. The van der Waals surface area contributed by atoms with E-state index in [1.807, 2.05) is 12.1 Å². The molecule has 0 aliphatic carbocycles. The van der Waals surface area contributed by atoms with E-state index in [0.717, 1.165) is 29.5 Å². The average molecular weight is 479 g/mol. The molecule has 0 saturated carbocycles. The minimum atomic E-state index is -1.86. The Balaban J connectivity index is 1.57. The standard InChI is InChI=1S/C25H26N4O6/c1-2-25(32)17-7-19-22-15(10-29(19)23(30)16(17)11-33-24(25)31)14(9-27-5-3-4-26)13-6-20-21(35-12-34-20)8-18(13)28-22/h6-8,27,32H,2-5,9-12,26H2,1H3/t25-/m0/s1. The van der Waals surface area contributed by atoms with Gasteiger partial charge in [-0.1, -0.05) is 6.92 Å². The molecular formula is C25H26N4O6. The molecule has 0 fully saturated rings. The van der Waals surface area contributed by atoms with Crippen molar-refractivity contribution in [2.45, 2.75) is 45.1 Å². The lowest BCUT2D eigenvalue weighted by atomic mass is 9.86. The summed E-state index contributed by atoms with van der Waals surface area (Å²) in [4.78, 5) is 30.9. The lowest BCUT2D eigenvalue weighted by Gasteiger charge is -2.31. The van der Waals surface area contributed by atoms with Crippen LogP contribution in [0.15, 0.2) is 23.0 Å². The van der Waals surface area contributed by atoms with Gasteiger partial charge in [0, 0.05) is 29.1 Å². The summed E-state index contributed by atoms with van der Waals surface area (Å²) in [5.41, 5.74) is 8.00. The zero-order chi connectivity index (χ0) is 24.3. The topological polar surface area (TPSA) is 138 Å². The number of esters is 1. The van der Waals surface area contributed by atoms with Gasteiger partial charge >= 0.3 is 5.97 Å². The van der Waals surface area contributed by atoms with Gasteiger partial charge in [0.15, 0.2) is 17.1 Å². The van der Waals surface area contributed by atoms with Gasteiger partial charge in [0.1, 0.15) is 6.61 Å². The Morgan fingerprint density at radius 2 is 1.97 bits per heavy atom. The summed E-state index contributed by atoms with van der Waals surface area (Å²) in [6.45, 7) is 3.93. The molecule has 182 valence electrons. The maximum atomic E-state index is 13.5. The number of aliphatic hydroxyl groups is 1. The first kappa shape index (κ1) is 22.0. The minimum absolute atomic E-state index is 0.0967. The predicted molar refractivity (Wildman–Crippen MR) is 126 cm³/mol. The summed E-state index contributed by atoms with van der Waals surface area (Å²) >= 11 is 0. The van der Waals surface area contributed by atoms with Crippen LogP contribution in [0.25, 0.3) is 22.3 Å². The molecule has 10 heteroatoms. The number of nitrogens with zero attached hydrogens (tertiary/aromatic N) is 2. The number of pyridine rings is 2. The van der Waals surface area contributed by atoms with Gasteiger partial charge in [0.05, 0.1) is 29.0 Å². The highest BCUT2D eigenvalue weighted by Gasteiger charge is 2.45. The zero-order valence-electron chi connectivity index (χ0n) is 19.3. The van der Waals surface area contributed by atoms with Crippen molar-refractivity contribution in [3.63, 3.8) is 0 Å². The first-order valence-electron chi connectivity index (χ1n) is 11.8. The molecular weight excluding hydrogens is 452 g/mol. The summed E-state index contributed by atoms with van der Waals surface area (Å²) in [5.74, 6) is 0.546. The normalized spacial score (nSPS) is 19.5. The first-order chi connectivity index (χ1) is 17.0. The fourth-order valence-electron chi connectivity index (χ4n) is 5.19. The molecule has 3 aliphatic rings. The number of fused-ring (bicyclic) bond motifs is 6. The highest BCUT2D eigenvalue weighted by molar-refractivity contribution is 5.91. The van der Waals surface area contributed by atoms with E-state index in [-0.39, 0.29) is 25.4 Å². The number of ether oxygens (including phenoxy) is 3. The number of benzene rings is 1. The minimum Gasteiger partial charge on any atom is -0.458 e. The average Bonchev–Trinajstić information content (AvgIpc) is 3.47. The largest absolute Gasteiger partial charge is 0.458 e. The number of hydrogen-bond acceptors (Lipinski definition) is 9. The van der Waals surface area contributed by atoms with Crippen molar-refractivity contribution in [1.82, 2.24) is 14.9 Å². The number of carbonyl (C=O) groups is 1. The summed E-state index contributed by atoms with van der Waals surface area (Å²) in [6.07, 6.45) is 0.938. The SMILES string of the molecule is CC[C@@]1(O)C(=O)OCc2c1cc1n(c2=O)Cc2c-1nc1cc3c(cc1c2CNCCCN)OCO3. The van der Waals surface area contributed by atoms with Crippen LogP contribution in [0.1, 0.15) is 42.0 Å². The Bertz CT molecular complexity index is 1450. The third-order valence-corrected chi connectivity index (χ3v) is 7.16. The molecule has 0 unspecified atom stereocenters. The Hall–Kier alpha value is -3.47. The lowest BCUT2D eigenvalue weighted by molar-refractivity contribution is -0.172. The van der Waals surface area contributed by atoms with Crippen molar-refractivity contribution >= 4 is 16.9 Å². The van der Waals surface area contributed by atoms with Crippen molar-refractivity contribution in [3.8, 4) is 22.9 Å². The maximum Gasteiger partial charge on any atom is 0.343 e. The van der Waals surface area contributed by atoms with E-state index in [1.165, 1.54) is 0 Å². The van der Waals surface area contributed by atoms with E-state index in [0.29, 0.717) is 59.2 Å². The van der Waals surface area contributed by atoms with Crippen LogP contribution in [-0.2, 0) is 34.8 Å². The number of carbonyl (C=O) groups excluding carboxylic acids is 1.